The van der Waals surface area contributed by atoms with Crippen LogP contribution in [0.2, 0.25) is 18.1 Å². The van der Waals surface area contributed by atoms with Crippen LogP contribution in [-0.4, -0.2) is 32.7 Å². The summed E-state index contributed by atoms with van der Waals surface area (Å²) in [4.78, 5) is 12.3. The van der Waals surface area contributed by atoms with Gasteiger partial charge in [0.25, 0.3) is 0 Å². The van der Waals surface area contributed by atoms with Crippen LogP contribution >= 0.6 is 31.9 Å². The second-order valence-electron chi connectivity index (χ2n) is 9.32. The lowest BCUT2D eigenvalue weighted by atomic mass is 10.1. The number of hydrogen-bond acceptors (Lipinski definition) is 3. The van der Waals surface area contributed by atoms with Crippen molar-refractivity contribution in [2.45, 2.75) is 77.7 Å². The summed E-state index contributed by atoms with van der Waals surface area (Å²) < 4.78 is 13.8. The van der Waals surface area contributed by atoms with Gasteiger partial charge in [-0.3, -0.25) is 0 Å². The number of hydrogen-bond donors (Lipinski definition) is 1. The first-order chi connectivity index (χ1) is 12.1. The number of alkyl carbamates (subject to hydrolysis) is 1. The number of carbonyl (C=O) groups is 1. The molecule has 7 heteroatoms. The van der Waals surface area contributed by atoms with Gasteiger partial charge in [0, 0.05) is 8.95 Å². The zero-order valence-corrected chi connectivity index (χ0v) is 21.9. The van der Waals surface area contributed by atoms with E-state index in [9.17, 15) is 4.79 Å². The lowest BCUT2D eigenvalue weighted by Crippen LogP contribution is -2.48. The molecule has 0 aliphatic heterocycles. The van der Waals surface area contributed by atoms with Gasteiger partial charge in [-0.15, -0.1) is 0 Å². The Bertz CT molecular complexity index is 631. The van der Waals surface area contributed by atoms with E-state index >= 15 is 0 Å². The van der Waals surface area contributed by atoms with E-state index in [1.807, 2.05) is 39.0 Å². The molecule has 0 heterocycles. The largest absolute Gasteiger partial charge is 0.444 e. The van der Waals surface area contributed by atoms with Gasteiger partial charge in [-0.1, -0.05) is 58.7 Å². The van der Waals surface area contributed by atoms with Crippen molar-refractivity contribution in [2.75, 3.05) is 6.61 Å². The van der Waals surface area contributed by atoms with Crippen LogP contribution in [0.15, 0.2) is 27.1 Å². The van der Waals surface area contributed by atoms with Crippen molar-refractivity contribution in [3.8, 4) is 0 Å². The molecule has 0 radical (unpaired) electrons. The fourth-order valence-corrected chi connectivity index (χ4v) is 4.50. The van der Waals surface area contributed by atoms with E-state index in [1.165, 1.54) is 0 Å². The molecule has 1 aromatic rings. The highest BCUT2D eigenvalue weighted by molar-refractivity contribution is 9.11. The summed E-state index contributed by atoms with van der Waals surface area (Å²) in [5.74, 6) is 0. The van der Waals surface area contributed by atoms with E-state index in [2.05, 4.69) is 71.0 Å². The maximum absolute atomic E-state index is 12.3. The Morgan fingerprint density at radius 3 is 2.07 bits per heavy atom. The Balaban J connectivity index is 2.97. The Morgan fingerprint density at radius 2 is 1.63 bits per heavy atom. The SMILES string of the molecule is CC(C)(C)OC(=O)N[C@H](CO[Si](C)(C)C(C)(C)C)Cc1c(Br)cccc1Br. The monoisotopic (exact) mass is 521 g/mol. The van der Waals surface area contributed by atoms with Crippen molar-refractivity contribution < 1.29 is 14.0 Å². The summed E-state index contributed by atoms with van der Waals surface area (Å²) in [6, 6.07) is 5.78. The summed E-state index contributed by atoms with van der Waals surface area (Å²) >= 11 is 7.21. The highest BCUT2D eigenvalue weighted by Gasteiger charge is 2.38. The van der Waals surface area contributed by atoms with Gasteiger partial charge < -0.3 is 14.5 Å². The minimum absolute atomic E-state index is 0.109. The lowest BCUT2D eigenvalue weighted by Gasteiger charge is -2.37. The molecule has 0 bridgehead atoms. The van der Waals surface area contributed by atoms with Gasteiger partial charge in [0.1, 0.15) is 5.60 Å². The van der Waals surface area contributed by atoms with E-state index < -0.39 is 20.0 Å². The van der Waals surface area contributed by atoms with Crippen LogP contribution in [-0.2, 0) is 15.6 Å². The maximum Gasteiger partial charge on any atom is 0.407 e. The van der Waals surface area contributed by atoms with Crippen molar-refractivity contribution in [1.82, 2.24) is 5.32 Å². The third kappa shape index (κ3) is 8.26. The van der Waals surface area contributed by atoms with Gasteiger partial charge in [-0.05, 0) is 63.0 Å². The van der Waals surface area contributed by atoms with Gasteiger partial charge in [-0.2, -0.15) is 0 Å². The molecular weight excluding hydrogens is 490 g/mol. The lowest BCUT2D eigenvalue weighted by molar-refractivity contribution is 0.0485. The Labute approximate surface area is 182 Å². The molecule has 27 heavy (non-hydrogen) atoms. The second-order valence-corrected chi connectivity index (χ2v) is 15.8. The molecule has 1 N–H and O–H groups in total. The minimum Gasteiger partial charge on any atom is -0.444 e. The van der Waals surface area contributed by atoms with Crippen molar-refractivity contribution in [1.29, 1.82) is 0 Å². The summed E-state index contributed by atoms with van der Waals surface area (Å²) in [5.41, 5.74) is 0.556. The molecule has 1 aromatic carbocycles. The first kappa shape index (κ1) is 24.7. The van der Waals surface area contributed by atoms with Crippen LogP contribution in [0, 0.1) is 0 Å². The van der Waals surface area contributed by atoms with Crippen LogP contribution in [0.1, 0.15) is 47.1 Å². The van der Waals surface area contributed by atoms with Crippen molar-refractivity contribution in [3.05, 3.63) is 32.7 Å². The standard InChI is InChI=1S/C20H33Br2NO3Si/c1-19(2,3)26-18(24)23-14(13-25-27(7,8)20(4,5)6)12-15-16(21)10-9-11-17(15)22/h9-11,14H,12-13H2,1-8H3,(H,23,24)/t14-/m0/s1. The molecule has 154 valence electrons. The Morgan fingerprint density at radius 1 is 1.11 bits per heavy atom. The molecule has 1 amide bonds. The highest BCUT2D eigenvalue weighted by atomic mass is 79.9. The second kappa shape index (κ2) is 9.42. The zero-order valence-electron chi connectivity index (χ0n) is 17.7. The fraction of sp³-hybridized carbons (Fsp3) is 0.650. The van der Waals surface area contributed by atoms with Crippen molar-refractivity contribution in [2.24, 2.45) is 0 Å². The van der Waals surface area contributed by atoms with Crippen LogP contribution < -0.4 is 5.32 Å². The topological polar surface area (TPSA) is 47.6 Å². The molecule has 0 aliphatic carbocycles. The summed E-state index contributed by atoms with van der Waals surface area (Å²) in [6.45, 7) is 17.1. The number of rotatable bonds is 6. The molecular formula is C20H33Br2NO3Si. The third-order valence-electron chi connectivity index (χ3n) is 4.68. The molecule has 1 rings (SSSR count). The summed E-state index contributed by atoms with van der Waals surface area (Å²) in [6.07, 6.45) is 0.213. The van der Waals surface area contributed by atoms with Crippen molar-refractivity contribution in [3.63, 3.8) is 0 Å². The van der Waals surface area contributed by atoms with E-state index in [1.54, 1.807) is 0 Å². The molecule has 0 saturated carbocycles. The number of halogens is 2. The molecule has 0 spiro atoms. The average Bonchev–Trinajstić information content (AvgIpc) is 2.45. The molecule has 0 saturated heterocycles. The zero-order chi connectivity index (χ0) is 21.0. The first-order valence-electron chi connectivity index (χ1n) is 9.19. The summed E-state index contributed by atoms with van der Waals surface area (Å²) in [7, 11) is -1.93. The number of nitrogens with one attached hydrogen (secondary N) is 1. The van der Waals surface area contributed by atoms with E-state index in [0.717, 1.165) is 14.5 Å². The number of ether oxygens (including phenoxy) is 1. The smallest absolute Gasteiger partial charge is 0.407 e. The van der Waals surface area contributed by atoms with E-state index in [0.29, 0.717) is 13.0 Å². The normalized spacial score (nSPS) is 14.0. The number of carbonyl (C=O) groups excluding carboxylic acids is 1. The van der Waals surface area contributed by atoms with Gasteiger partial charge in [0.15, 0.2) is 8.32 Å². The molecule has 0 aromatic heterocycles. The molecule has 4 nitrogen and oxygen atoms in total. The fourth-order valence-electron chi connectivity index (χ4n) is 2.13. The van der Waals surface area contributed by atoms with Gasteiger partial charge in [0.05, 0.1) is 12.6 Å². The van der Waals surface area contributed by atoms with Crippen LogP contribution in [0.5, 0.6) is 0 Å². The number of benzene rings is 1. The predicted molar refractivity (Wildman–Crippen MR) is 122 cm³/mol. The van der Waals surface area contributed by atoms with Crippen LogP contribution in [0.3, 0.4) is 0 Å². The average molecular weight is 523 g/mol. The van der Waals surface area contributed by atoms with Gasteiger partial charge in [-0.25, -0.2) is 4.79 Å². The predicted octanol–water partition coefficient (Wildman–Crippen LogP) is 6.67. The van der Waals surface area contributed by atoms with Gasteiger partial charge in [0.2, 0.25) is 0 Å². The van der Waals surface area contributed by atoms with Crippen molar-refractivity contribution >= 4 is 46.3 Å². The highest BCUT2D eigenvalue weighted by Crippen LogP contribution is 2.36. The Kier molecular flexibility index (Phi) is 8.60. The summed E-state index contributed by atoms with van der Waals surface area (Å²) in [5, 5.41) is 3.10. The third-order valence-corrected chi connectivity index (χ3v) is 10.7. The van der Waals surface area contributed by atoms with Gasteiger partial charge >= 0.3 is 6.09 Å². The number of amides is 1. The van der Waals surface area contributed by atoms with Crippen LogP contribution in [0.25, 0.3) is 0 Å². The molecule has 0 aliphatic rings. The minimum atomic E-state index is -1.93. The molecule has 1 atom stereocenters. The Hall–Kier alpha value is -0.373. The molecule has 0 fully saturated rings. The van der Waals surface area contributed by atoms with E-state index in [4.69, 9.17) is 9.16 Å². The maximum atomic E-state index is 12.3. The van der Waals surface area contributed by atoms with E-state index in [-0.39, 0.29) is 11.1 Å². The first-order valence-corrected chi connectivity index (χ1v) is 13.7. The molecule has 0 unspecified atom stereocenters. The quantitative estimate of drug-likeness (QED) is 0.424. The van der Waals surface area contributed by atoms with Crippen LogP contribution in [0.4, 0.5) is 4.79 Å².